The van der Waals surface area contributed by atoms with Gasteiger partial charge >= 0.3 is 0 Å². The number of aromatic amines is 1. The molecule has 2 heterocycles. The molecule has 2 aromatic rings. The van der Waals surface area contributed by atoms with Crippen molar-refractivity contribution >= 4 is 16.5 Å². The van der Waals surface area contributed by atoms with Crippen LogP contribution in [0.15, 0.2) is 34.8 Å². The van der Waals surface area contributed by atoms with Crippen molar-refractivity contribution in [1.82, 2.24) is 9.97 Å². The number of aliphatic hydroxyl groups is 1. The van der Waals surface area contributed by atoms with E-state index >= 15 is 0 Å². The number of quaternary nitrogens is 2. The lowest BCUT2D eigenvalue weighted by Crippen LogP contribution is -3.28. The fraction of sp³-hybridized carbons (Fsp3) is 0.389. The molecule has 130 valence electrons. The standard InChI is InChI=1S/C18H21N5O2/c1-2-22-7-9-23(10-8-22)12-16(24)14(11-19)17-20-15-6-4-3-5-13(15)18(25)21-17/h3-6,24H,2,7-10,12H2,1H3,(H,20,21,25)/p+2/b16-14-. The van der Waals surface area contributed by atoms with Gasteiger partial charge in [-0.25, -0.2) is 4.98 Å². The van der Waals surface area contributed by atoms with Crippen molar-refractivity contribution in [3.63, 3.8) is 0 Å². The summed E-state index contributed by atoms with van der Waals surface area (Å²) >= 11 is 0. The van der Waals surface area contributed by atoms with Gasteiger partial charge in [-0.1, -0.05) is 12.1 Å². The van der Waals surface area contributed by atoms with E-state index in [0.717, 1.165) is 32.7 Å². The van der Waals surface area contributed by atoms with Crippen LogP contribution in [0, 0.1) is 11.3 Å². The molecule has 0 unspecified atom stereocenters. The SMILES string of the molecule is CC[NH+]1CC[NH+](C/C(O)=C(\C#N)c2nc3ccccc3c(=O)[nH]2)CC1. The second-order valence-corrected chi connectivity index (χ2v) is 6.40. The zero-order valence-electron chi connectivity index (χ0n) is 14.3. The molecule has 0 radical (unpaired) electrons. The normalized spacial score (nSPS) is 21.6. The van der Waals surface area contributed by atoms with Crippen molar-refractivity contribution in [3.8, 4) is 6.07 Å². The Bertz CT molecular complexity index is 888. The molecule has 3 rings (SSSR count). The molecule has 7 heteroatoms. The van der Waals surface area contributed by atoms with Gasteiger partial charge in [0.15, 0.2) is 11.6 Å². The van der Waals surface area contributed by atoms with Gasteiger partial charge in [-0.05, 0) is 19.1 Å². The lowest BCUT2D eigenvalue weighted by molar-refractivity contribution is -1.01. The number of nitrogens with one attached hydrogen (secondary N) is 3. The molecule has 4 N–H and O–H groups in total. The van der Waals surface area contributed by atoms with Crippen LogP contribution in [0.4, 0.5) is 0 Å². The van der Waals surface area contributed by atoms with Crippen molar-refractivity contribution in [2.75, 3.05) is 39.3 Å². The van der Waals surface area contributed by atoms with E-state index in [4.69, 9.17) is 0 Å². The minimum atomic E-state index is -0.311. The highest BCUT2D eigenvalue weighted by Gasteiger charge is 2.24. The smallest absolute Gasteiger partial charge is 0.259 e. The summed E-state index contributed by atoms with van der Waals surface area (Å²) < 4.78 is 0. The van der Waals surface area contributed by atoms with Gasteiger partial charge in [0.1, 0.15) is 44.4 Å². The van der Waals surface area contributed by atoms with Crippen molar-refractivity contribution in [1.29, 1.82) is 5.26 Å². The van der Waals surface area contributed by atoms with E-state index in [0.29, 0.717) is 17.4 Å². The maximum atomic E-state index is 12.2. The van der Waals surface area contributed by atoms with Crippen LogP contribution in [0.2, 0.25) is 0 Å². The van der Waals surface area contributed by atoms with Crippen molar-refractivity contribution in [2.24, 2.45) is 0 Å². The number of H-pyrrole nitrogens is 1. The predicted molar refractivity (Wildman–Crippen MR) is 94.3 cm³/mol. The Morgan fingerprint density at radius 3 is 2.64 bits per heavy atom. The van der Waals surface area contributed by atoms with Crippen LogP contribution in [-0.4, -0.2) is 54.3 Å². The third-order valence-electron chi connectivity index (χ3n) is 4.83. The van der Waals surface area contributed by atoms with Crippen LogP contribution in [0.25, 0.3) is 16.5 Å². The van der Waals surface area contributed by atoms with Crippen molar-refractivity contribution in [3.05, 3.63) is 46.2 Å². The molecule has 7 nitrogen and oxygen atoms in total. The zero-order chi connectivity index (χ0) is 17.8. The van der Waals surface area contributed by atoms with E-state index in [1.807, 2.05) is 6.07 Å². The minimum absolute atomic E-state index is 0.0177. The van der Waals surface area contributed by atoms with E-state index in [1.54, 1.807) is 29.2 Å². The molecule has 0 bridgehead atoms. The zero-order valence-corrected chi connectivity index (χ0v) is 14.3. The highest BCUT2D eigenvalue weighted by atomic mass is 16.3. The number of allylic oxidation sites excluding steroid dienone is 1. The molecule has 1 aliphatic heterocycles. The number of benzene rings is 1. The molecule has 0 amide bonds. The van der Waals surface area contributed by atoms with E-state index in [2.05, 4.69) is 16.9 Å². The average molecular weight is 341 g/mol. The van der Waals surface area contributed by atoms with Gasteiger partial charge in [0.05, 0.1) is 17.4 Å². The Balaban J connectivity index is 1.87. The number of nitrogens with zero attached hydrogens (tertiary/aromatic N) is 2. The molecule has 0 aliphatic carbocycles. The second kappa shape index (κ2) is 7.47. The summed E-state index contributed by atoms with van der Waals surface area (Å²) in [5.74, 6) is 0.108. The topological polar surface area (TPSA) is 98.6 Å². The molecule has 1 aromatic heterocycles. The van der Waals surface area contributed by atoms with Crippen LogP contribution in [0.1, 0.15) is 12.7 Å². The summed E-state index contributed by atoms with van der Waals surface area (Å²) in [5, 5.41) is 20.4. The Morgan fingerprint density at radius 2 is 1.96 bits per heavy atom. The first-order chi connectivity index (χ1) is 12.1. The van der Waals surface area contributed by atoms with Crippen LogP contribution in [0.3, 0.4) is 0 Å². The number of aliphatic hydroxyl groups excluding tert-OH is 1. The van der Waals surface area contributed by atoms with Crippen LogP contribution in [-0.2, 0) is 0 Å². The number of aromatic nitrogens is 2. The molecule has 0 saturated carbocycles. The average Bonchev–Trinajstić information content (AvgIpc) is 2.63. The number of nitriles is 1. The number of fused-ring (bicyclic) bond motifs is 1. The number of hydrogen-bond acceptors (Lipinski definition) is 4. The molecular weight excluding hydrogens is 318 g/mol. The quantitative estimate of drug-likeness (QED) is 0.403. The Morgan fingerprint density at radius 1 is 1.28 bits per heavy atom. The van der Waals surface area contributed by atoms with Gasteiger partial charge in [0.2, 0.25) is 0 Å². The van der Waals surface area contributed by atoms with Gasteiger partial charge in [-0.2, -0.15) is 5.26 Å². The Hall–Kier alpha value is -2.69. The van der Waals surface area contributed by atoms with Gasteiger partial charge in [-0.3, -0.25) is 4.79 Å². The third-order valence-corrected chi connectivity index (χ3v) is 4.83. The maximum Gasteiger partial charge on any atom is 0.259 e. The van der Waals surface area contributed by atoms with E-state index in [1.165, 1.54) is 4.90 Å². The number of rotatable bonds is 4. The first-order valence-electron chi connectivity index (χ1n) is 8.61. The number of para-hydroxylation sites is 1. The molecule has 0 atom stereocenters. The Kier molecular flexibility index (Phi) is 5.12. The molecule has 0 spiro atoms. The highest BCUT2D eigenvalue weighted by molar-refractivity contribution is 5.81. The third kappa shape index (κ3) is 3.71. The maximum absolute atomic E-state index is 12.2. The van der Waals surface area contributed by atoms with Gasteiger partial charge in [0.25, 0.3) is 5.56 Å². The fourth-order valence-corrected chi connectivity index (χ4v) is 3.27. The van der Waals surface area contributed by atoms with E-state index in [-0.39, 0.29) is 22.7 Å². The fourth-order valence-electron chi connectivity index (χ4n) is 3.27. The molecule has 1 fully saturated rings. The lowest BCUT2D eigenvalue weighted by atomic mass is 10.2. The first-order valence-corrected chi connectivity index (χ1v) is 8.61. The monoisotopic (exact) mass is 341 g/mol. The molecular formula is C18H23N5O2+2. The first kappa shape index (κ1) is 17.1. The van der Waals surface area contributed by atoms with Gasteiger partial charge in [-0.15, -0.1) is 0 Å². The number of likely N-dealkylation sites (N-methyl/N-ethyl adjacent to an activating group) is 1. The lowest BCUT2D eigenvalue weighted by Gasteiger charge is -2.28. The van der Waals surface area contributed by atoms with Gasteiger partial charge < -0.3 is 19.9 Å². The molecule has 1 aromatic carbocycles. The summed E-state index contributed by atoms with van der Waals surface area (Å²) in [4.78, 5) is 21.9. The summed E-state index contributed by atoms with van der Waals surface area (Å²) in [7, 11) is 0. The molecule has 25 heavy (non-hydrogen) atoms. The van der Waals surface area contributed by atoms with Crippen LogP contribution < -0.4 is 15.4 Å². The van der Waals surface area contributed by atoms with Gasteiger partial charge in [0, 0.05) is 0 Å². The van der Waals surface area contributed by atoms with Crippen LogP contribution >= 0.6 is 0 Å². The number of hydrogen-bond donors (Lipinski definition) is 4. The van der Waals surface area contributed by atoms with Crippen molar-refractivity contribution in [2.45, 2.75) is 6.92 Å². The largest absolute Gasteiger partial charge is 0.506 e. The Labute approximate surface area is 145 Å². The van der Waals surface area contributed by atoms with E-state index < -0.39 is 0 Å². The molecule has 1 saturated heterocycles. The summed E-state index contributed by atoms with van der Waals surface area (Å²) in [6, 6.07) is 8.95. The summed E-state index contributed by atoms with van der Waals surface area (Å²) in [6.07, 6.45) is 0. The van der Waals surface area contributed by atoms with Crippen LogP contribution in [0.5, 0.6) is 0 Å². The molecule has 1 aliphatic rings. The summed E-state index contributed by atoms with van der Waals surface area (Å²) in [5.41, 5.74) is 0.239. The number of piperazine rings is 1. The van der Waals surface area contributed by atoms with E-state index in [9.17, 15) is 15.2 Å². The highest BCUT2D eigenvalue weighted by Crippen LogP contribution is 2.13. The summed E-state index contributed by atoms with van der Waals surface area (Å²) in [6.45, 7) is 7.68. The second-order valence-electron chi connectivity index (χ2n) is 6.40. The predicted octanol–water partition coefficient (Wildman–Crippen LogP) is -1.48. The minimum Gasteiger partial charge on any atom is -0.506 e. The van der Waals surface area contributed by atoms with Crippen molar-refractivity contribution < 1.29 is 14.9 Å².